The van der Waals surface area contributed by atoms with Crippen molar-refractivity contribution >= 4 is 13.4 Å². The monoisotopic (exact) mass is 250 g/mol. The topological polar surface area (TPSA) is 89.5 Å². The van der Waals surface area contributed by atoms with Crippen LogP contribution in [0.3, 0.4) is 0 Å². The summed E-state index contributed by atoms with van der Waals surface area (Å²) in [5, 5.41) is 21.0. The third kappa shape index (κ3) is 5.16. The summed E-state index contributed by atoms with van der Waals surface area (Å²) in [6, 6.07) is 6.62. The molecule has 0 aliphatic rings. The Kier molecular flexibility index (Phi) is 7.76. The van der Waals surface area contributed by atoms with Crippen molar-refractivity contribution in [3.05, 3.63) is 35.9 Å². The predicted molar refractivity (Wildman–Crippen MR) is 52.3 cm³/mol. The predicted octanol–water partition coefficient (Wildman–Crippen LogP) is -2.64. The van der Waals surface area contributed by atoms with Crippen molar-refractivity contribution in [1.29, 1.82) is 0 Å². The number of carbonyl (C=O) groups is 1. The van der Waals surface area contributed by atoms with Gasteiger partial charge in [-0.15, -0.1) is 0 Å². The summed E-state index contributed by atoms with van der Waals surface area (Å²) in [6.45, 7) is 0.188. The molecule has 1 aromatic rings. The van der Waals surface area contributed by atoms with Gasteiger partial charge in [-0.1, -0.05) is 34.9 Å². The third-order valence-corrected chi connectivity index (χ3v) is 2.65. The van der Waals surface area contributed by atoms with Crippen LogP contribution in [0.2, 0.25) is 0 Å². The molecule has 2 unspecified atom stereocenters. The molecule has 7 heteroatoms. The molecule has 16 heavy (non-hydrogen) atoms. The number of aliphatic hydroxyl groups excluding tert-OH is 1. The van der Waals surface area contributed by atoms with Crippen molar-refractivity contribution in [3.8, 4) is 0 Å². The van der Waals surface area contributed by atoms with Gasteiger partial charge in [0.05, 0.1) is 0 Å². The van der Waals surface area contributed by atoms with Crippen LogP contribution in [0.4, 0.5) is 4.79 Å². The van der Waals surface area contributed by atoms with Crippen molar-refractivity contribution in [1.82, 2.24) is 5.32 Å². The molecule has 0 radical (unpaired) electrons. The number of aliphatic hydroxyl groups is 1. The average Bonchev–Trinajstić information content (AvgIpc) is 2.26. The molecule has 0 fully saturated rings. The van der Waals surface area contributed by atoms with E-state index >= 15 is 0 Å². The zero-order valence-corrected chi connectivity index (χ0v) is 11.7. The van der Waals surface area contributed by atoms with Crippen LogP contribution in [0, 0.1) is 0 Å². The Hall–Kier alpha value is -0.290. The van der Waals surface area contributed by atoms with E-state index in [4.69, 9.17) is 5.11 Å². The number of hydrogen-bond donors (Lipinski definition) is 2. The molecule has 0 saturated carbocycles. The fourth-order valence-corrected chi connectivity index (χ4v) is 1.39. The summed E-state index contributed by atoms with van der Waals surface area (Å²) in [5.74, 6) is 0. The summed E-state index contributed by atoms with van der Waals surface area (Å²) >= 11 is 0. The van der Waals surface area contributed by atoms with E-state index in [1.165, 1.54) is 0 Å². The minimum absolute atomic E-state index is 0. The molecule has 80 valence electrons. The first-order chi connectivity index (χ1) is 7.11. The number of rotatable bonds is 4. The van der Waals surface area contributed by atoms with Crippen molar-refractivity contribution in [3.63, 3.8) is 0 Å². The Labute approximate surface area is 116 Å². The van der Waals surface area contributed by atoms with Gasteiger partial charge in [0.2, 0.25) is 6.03 Å². The van der Waals surface area contributed by atoms with Gasteiger partial charge < -0.3 is 15.5 Å². The Morgan fingerprint density at radius 2 is 2.00 bits per heavy atom. The average molecular weight is 250 g/mol. The van der Waals surface area contributed by atoms with Gasteiger partial charge in [0.1, 0.15) is 0 Å². The van der Waals surface area contributed by atoms with Crippen LogP contribution in [0.25, 0.3) is 0 Å². The molecular formula is C9H10NNaO4P+. The number of carbonyl (C=O) groups excluding carboxylic acids is 1. The molecule has 2 N–H and O–H groups in total. The Balaban J connectivity index is 0.00000225. The molecule has 1 aromatic carbocycles. The quantitative estimate of drug-likeness (QED) is 0.347. The molecule has 0 spiro atoms. The number of amides is 1. The van der Waals surface area contributed by atoms with E-state index in [1.54, 1.807) is 24.3 Å². The van der Waals surface area contributed by atoms with E-state index in [0.29, 0.717) is 0 Å². The van der Waals surface area contributed by atoms with Gasteiger partial charge >= 0.3 is 43.0 Å². The molecule has 1 amide bonds. The van der Waals surface area contributed by atoms with Crippen molar-refractivity contribution < 1.29 is 49.1 Å². The van der Waals surface area contributed by atoms with E-state index in [-0.39, 0.29) is 36.1 Å². The second-order valence-corrected chi connectivity index (χ2v) is 4.30. The van der Waals surface area contributed by atoms with E-state index in [0.717, 1.165) is 5.56 Å². The summed E-state index contributed by atoms with van der Waals surface area (Å²) in [6.07, 6.45) is 0. The van der Waals surface area contributed by atoms with Gasteiger partial charge in [-0.25, -0.2) is 4.79 Å². The molecule has 0 aromatic heterocycles. The van der Waals surface area contributed by atoms with Gasteiger partial charge in [-0.2, -0.15) is 0 Å². The minimum Gasteiger partial charge on any atom is -0.790 e. The van der Waals surface area contributed by atoms with Gasteiger partial charge in [0, 0.05) is 6.54 Å². The van der Waals surface area contributed by atoms with Crippen LogP contribution in [0.15, 0.2) is 30.3 Å². The van der Waals surface area contributed by atoms with E-state index < -0.39 is 19.5 Å². The molecule has 5 nitrogen and oxygen atoms in total. The van der Waals surface area contributed by atoms with Crippen molar-refractivity contribution in [2.45, 2.75) is 12.6 Å². The standard InChI is InChI=1S/C9H10NO4P.Na/c11-8(15(14)9(12)13)10-6-7-4-2-1-3-5-7;/h1-5,9,12H,6H2,(H,10,11);/q;+1. The van der Waals surface area contributed by atoms with Crippen LogP contribution >= 0.6 is 7.80 Å². The smallest absolute Gasteiger partial charge is 0.790 e. The largest absolute Gasteiger partial charge is 1.00 e. The summed E-state index contributed by atoms with van der Waals surface area (Å²) in [5.41, 5.74) is -0.0917. The number of benzene rings is 1. The maximum atomic E-state index is 11.0. The molecule has 2 atom stereocenters. The molecular weight excluding hydrogens is 240 g/mol. The minimum atomic E-state index is -2.80. The zero-order chi connectivity index (χ0) is 11.3. The molecule has 0 bridgehead atoms. The Morgan fingerprint density at radius 3 is 2.50 bits per heavy atom. The number of nitrogens with one attached hydrogen (secondary N) is 1. The van der Waals surface area contributed by atoms with Crippen molar-refractivity contribution in [2.24, 2.45) is 0 Å². The molecule has 0 saturated heterocycles. The maximum absolute atomic E-state index is 11.0. The van der Waals surface area contributed by atoms with Gasteiger partial charge in [-0.05, 0) is 5.56 Å². The zero-order valence-electron chi connectivity index (χ0n) is 8.79. The fourth-order valence-electron chi connectivity index (χ4n) is 0.952. The second kappa shape index (κ2) is 7.90. The van der Waals surface area contributed by atoms with Crippen molar-refractivity contribution in [2.75, 3.05) is 0 Å². The third-order valence-electron chi connectivity index (χ3n) is 1.69. The molecule has 0 heterocycles. The van der Waals surface area contributed by atoms with Crippen LogP contribution in [0.5, 0.6) is 0 Å². The van der Waals surface area contributed by atoms with E-state index in [9.17, 15) is 14.5 Å². The first-order valence-electron chi connectivity index (χ1n) is 4.23. The van der Waals surface area contributed by atoms with E-state index in [1.807, 2.05) is 6.07 Å². The second-order valence-electron chi connectivity index (χ2n) is 2.80. The van der Waals surface area contributed by atoms with Crippen LogP contribution in [-0.2, 0) is 11.1 Å². The summed E-state index contributed by atoms with van der Waals surface area (Å²) < 4.78 is 10.8. The van der Waals surface area contributed by atoms with Gasteiger partial charge in [-0.3, -0.25) is 0 Å². The van der Waals surface area contributed by atoms with Crippen LogP contribution < -0.4 is 40.0 Å². The Morgan fingerprint density at radius 1 is 1.44 bits per heavy atom. The van der Waals surface area contributed by atoms with E-state index in [2.05, 4.69) is 5.32 Å². The molecule has 1 rings (SSSR count). The number of hydrogen-bond acceptors (Lipinski definition) is 4. The molecule has 0 aliphatic heterocycles. The Bertz CT molecular complexity index is 358. The van der Waals surface area contributed by atoms with Gasteiger partial charge in [0.15, 0.2) is 0 Å². The first kappa shape index (κ1) is 15.7. The first-order valence-corrected chi connectivity index (χ1v) is 5.56. The van der Waals surface area contributed by atoms with Crippen LogP contribution in [-0.4, -0.2) is 16.8 Å². The fraction of sp³-hybridized carbons (Fsp3) is 0.222. The molecule has 0 aliphatic carbocycles. The summed E-state index contributed by atoms with van der Waals surface area (Å²) in [7, 11) is -2.80. The van der Waals surface area contributed by atoms with Crippen LogP contribution in [0.1, 0.15) is 5.56 Å². The summed E-state index contributed by atoms with van der Waals surface area (Å²) in [4.78, 5) is 11.0. The van der Waals surface area contributed by atoms with Gasteiger partial charge in [0.25, 0.3) is 0 Å². The normalized spacial score (nSPS) is 12.2. The maximum Gasteiger partial charge on any atom is 1.00 e. The SMILES string of the molecule is O=C(NCc1ccccc1)[P+](=O)C([O-])O.[Na+].